The van der Waals surface area contributed by atoms with E-state index in [9.17, 15) is 38.7 Å². The number of carbonyl (C=O) groups excluding carboxylic acids is 4. The van der Waals surface area contributed by atoms with Crippen molar-refractivity contribution in [3.63, 3.8) is 0 Å². The van der Waals surface area contributed by atoms with Crippen molar-refractivity contribution in [1.82, 2.24) is 0 Å². The summed E-state index contributed by atoms with van der Waals surface area (Å²) in [6, 6.07) is 12.7. The van der Waals surface area contributed by atoms with E-state index in [-0.39, 0.29) is 46.2 Å². The predicted molar refractivity (Wildman–Crippen MR) is 177 cm³/mol. The first-order chi connectivity index (χ1) is 22.8. The number of phenols is 1. The molecule has 3 aromatic rings. The number of benzene rings is 3. The van der Waals surface area contributed by atoms with Crippen LogP contribution in [0.3, 0.4) is 0 Å². The van der Waals surface area contributed by atoms with Gasteiger partial charge < -0.3 is 19.9 Å². The molecule has 6 unspecified atom stereocenters. The fraction of sp³-hybridized carbons (Fsp3) is 0.294. The van der Waals surface area contributed by atoms with Crippen LogP contribution in [0.4, 0.5) is 15.8 Å². The van der Waals surface area contributed by atoms with E-state index in [4.69, 9.17) is 16.3 Å². The SMILES string of the molecule is COc1cc(Br)cc(C2C3=CCC4C(=O)N(c5cccc(B(O)O)c5)C(=O)C4C3CC3C(=O)N(c4ccc(F)c(Cl)c4)C(=O)C32C)c1O. The molecule has 246 valence electrons. The molecule has 2 aliphatic carbocycles. The second-order valence-corrected chi connectivity index (χ2v) is 14.1. The van der Waals surface area contributed by atoms with Crippen molar-refractivity contribution in [3.8, 4) is 11.5 Å². The third-order valence-electron chi connectivity index (χ3n) is 10.5. The minimum Gasteiger partial charge on any atom is -0.504 e. The standard InChI is InChI=1S/C34H28BBrClFN2O8/c1-34-23(31(43)40(33(34)45)18-6-9-25(38)24(37)13-18)14-21-19(28(34)22-11-16(36)12-26(48-2)29(22)41)7-8-20-27(21)32(44)39(30(20)42)17-5-3-4-15(10-17)35(46)47/h3-7,9-13,20-21,23,27-28,41,46-47H,8,14H2,1-2H3. The van der Waals surface area contributed by atoms with Crippen molar-refractivity contribution in [2.45, 2.75) is 25.7 Å². The molecule has 2 saturated heterocycles. The van der Waals surface area contributed by atoms with Crippen molar-refractivity contribution in [3.05, 3.63) is 87.1 Å². The highest BCUT2D eigenvalue weighted by atomic mass is 79.9. The Balaban J connectivity index is 1.39. The fourth-order valence-corrected chi connectivity index (χ4v) is 8.91. The molecule has 2 heterocycles. The molecule has 0 spiro atoms. The Morgan fingerprint density at radius 3 is 2.40 bits per heavy atom. The quantitative estimate of drug-likeness (QED) is 0.202. The Hall–Kier alpha value is -4.04. The molecule has 4 aliphatic rings. The van der Waals surface area contributed by atoms with E-state index in [0.29, 0.717) is 15.6 Å². The number of aromatic hydroxyl groups is 1. The lowest BCUT2D eigenvalue weighted by molar-refractivity contribution is -0.131. The van der Waals surface area contributed by atoms with Gasteiger partial charge in [-0.15, -0.1) is 0 Å². The van der Waals surface area contributed by atoms with Crippen LogP contribution in [0.25, 0.3) is 0 Å². The third-order valence-corrected chi connectivity index (χ3v) is 11.2. The van der Waals surface area contributed by atoms with Gasteiger partial charge in [0.1, 0.15) is 5.82 Å². The molecule has 1 saturated carbocycles. The molecule has 10 nitrogen and oxygen atoms in total. The number of amides is 4. The lowest BCUT2D eigenvalue weighted by Crippen LogP contribution is -2.49. The number of hydrogen-bond donors (Lipinski definition) is 3. The van der Waals surface area contributed by atoms with E-state index < -0.39 is 71.6 Å². The molecule has 14 heteroatoms. The maximum Gasteiger partial charge on any atom is 0.488 e. The monoisotopic (exact) mass is 736 g/mol. The van der Waals surface area contributed by atoms with Gasteiger partial charge in [-0.25, -0.2) is 9.29 Å². The van der Waals surface area contributed by atoms with Gasteiger partial charge in [0.15, 0.2) is 11.5 Å². The van der Waals surface area contributed by atoms with Crippen LogP contribution in [0.15, 0.2) is 70.7 Å². The fourth-order valence-electron chi connectivity index (χ4n) is 8.28. The second-order valence-electron chi connectivity index (χ2n) is 12.8. The van der Waals surface area contributed by atoms with Crippen LogP contribution in [-0.2, 0) is 19.2 Å². The number of fused-ring (bicyclic) bond motifs is 4. The van der Waals surface area contributed by atoms with E-state index in [0.717, 1.165) is 15.9 Å². The minimum atomic E-state index is -1.82. The van der Waals surface area contributed by atoms with Crippen LogP contribution in [0.1, 0.15) is 31.2 Å². The van der Waals surface area contributed by atoms with Gasteiger partial charge in [-0.1, -0.05) is 51.3 Å². The van der Waals surface area contributed by atoms with Gasteiger partial charge in [-0.2, -0.15) is 0 Å². The highest BCUT2D eigenvalue weighted by Crippen LogP contribution is 2.65. The number of phenolic OH excluding ortho intramolecular Hbond substituents is 1. The number of halogens is 3. The van der Waals surface area contributed by atoms with E-state index >= 15 is 0 Å². The average Bonchev–Trinajstić information content (AvgIpc) is 3.43. The van der Waals surface area contributed by atoms with E-state index in [1.54, 1.807) is 19.1 Å². The minimum absolute atomic E-state index is 0.0458. The number of nitrogens with zero attached hydrogens (tertiary/aromatic N) is 2. The number of carbonyl (C=O) groups is 4. The normalized spacial score (nSPS) is 27.9. The van der Waals surface area contributed by atoms with E-state index in [2.05, 4.69) is 15.9 Å². The van der Waals surface area contributed by atoms with E-state index in [1.165, 1.54) is 43.5 Å². The molecule has 0 bridgehead atoms. The summed E-state index contributed by atoms with van der Waals surface area (Å²) >= 11 is 9.54. The Bertz CT molecular complexity index is 1970. The molecule has 7 rings (SSSR count). The second kappa shape index (κ2) is 11.5. The highest BCUT2D eigenvalue weighted by molar-refractivity contribution is 9.10. The van der Waals surface area contributed by atoms with Crippen molar-refractivity contribution in [2.24, 2.45) is 29.1 Å². The van der Waals surface area contributed by atoms with Crippen LogP contribution >= 0.6 is 27.5 Å². The zero-order chi connectivity index (χ0) is 34.4. The third kappa shape index (κ3) is 4.58. The number of methoxy groups -OCH3 is 1. The molecule has 6 atom stereocenters. The van der Waals surface area contributed by atoms with Gasteiger partial charge in [0.05, 0.1) is 46.7 Å². The smallest absolute Gasteiger partial charge is 0.488 e. The first kappa shape index (κ1) is 32.5. The maximum atomic E-state index is 14.6. The summed E-state index contributed by atoms with van der Waals surface area (Å²) in [5, 5.41) is 30.7. The summed E-state index contributed by atoms with van der Waals surface area (Å²) in [6.45, 7) is 1.66. The van der Waals surface area contributed by atoms with Gasteiger partial charge in [0, 0.05) is 16.0 Å². The zero-order valence-electron chi connectivity index (χ0n) is 25.6. The lowest BCUT2D eigenvalue weighted by Gasteiger charge is -2.49. The predicted octanol–water partition coefficient (Wildman–Crippen LogP) is 4.07. The molecule has 0 radical (unpaired) electrons. The summed E-state index contributed by atoms with van der Waals surface area (Å²) in [4.78, 5) is 59.1. The van der Waals surface area contributed by atoms with Gasteiger partial charge in [0.25, 0.3) is 0 Å². The molecule has 3 aromatic carbocycles. The van der Waals surface area contributed by atoms with Gasteiger partial charge in [0.2, 0.25) is 23.6 Å². The molecule has 3 N–H and O–H groups in total. The van der Waals surface area contributed by atoms with Gasteiger partial charge >= 0.3 is 7.12 Å². The van der Waals surface area contributed by atoms with Gasteiger partial charge in [-0.05, 0) is 73.6 Å². The Labute approximate surface area is 288 Å². The number of ether oxygens (including phenoxy) is 1. The van der Waals surface area contributed by atoms with Crippen LogP contribution in [0.5, 0.6) is 11.5 Å². The first-order valence-corrected chi connectivity index (χ1v) is 16.4. The zero-order valence-corrected chi connectivity index (χ0v) is 27.9. The topological polar surface area (TPSA) is 145 Å². The number of hydrogen-bond acceptors (Lipinski definition) is 8. The Morgan fingerprint density at radius 1 is 0.979 bits per heavy atom. The van der Waals surface area contributed by atoms with Gasteiger partial charge in [-0.3, -0.25) is 24.1 Å². The number of rotatable bonds is 5. The average molecular weight is 738 g/mol. The number of anilines is 2. The Kier molecular flexibility index (Phi) is 7.82. The summed E-state index contributed by atoms with van der Waals surface area (Å²) in [5.74, 6) is -7.27. The van der Waals surface area contributed by atoms with Crippen molar-refractivity contribution >= 4 is 75.1 Å². The molecule has 48 heavy (non-hydrogen) atoms. The maximum absolute atomic E-state index is 14.6. The van der Waals surface area contributed by atoms with Crippen LogP contribution in [0, 0.1) is 34.9 Å². The van der Waals surface area contributed by atoms with Crippen molar-refractivity contribution in [1.29, 1.82) is 0 Å². The molecule has 2 aliphatic heterocycles. The first-order valence-electron chi connectivity index (χ1n) is 15.2. The Morgan fingerprint density at radius 2 is 1.71 bits per heavy atom. The molecular formula is C34H28BBrClFN2O8. The molecule has 4 amide bonds. The van der Waals surface area contributed by atoms with Crippen molar-refractivity contribution in [2.75, 3.05) is 16.9 Å². The number of imide groups is 2. The molecular weight excluding hydrogens is 710 g/mol. The highest BCUT2D eigenvalue weighted by Gasteiger charge is 2.68. The summed E-state index contributed by atoms with van der Waals surface area (Å²) in [7, 11) is -0.430. The summed E-state index contributed by atoms with van der Waals surface area (Å²) in [5.41, 5.74) is -0.182. The summed E-state index contributed by atoms with van der Waals surface area (Å²) in [6.07, 6.45) is 2.04. The lowest BCUT2D eigenvalue weighted by atomic mass is 9.51. The van der Waals surface area contributed by atoms with Crippen LogP contribution in [0.2, 0.25) is 5.02 Å². The molecule has 3 fully saturated rings. The van der Waals surface area contributed by atoms with Crippen molar-refractivity contribution < 1.29 is 43.5 Å². The molecule has 0 aromatic heterocycles. The number of allylic oxidation sites excluding steroid dienone is 2. The largest absolute Gasteiger partial charge is 0.504 e. The van der Waals surface area contributed by atoms with E-state index in [1.807, 2.05) is 6.08 Å². The van der Waals surface area contributed by atoms with Crippen LogP contribution < -0.4 is 20.0 Å². The summed E-state index contributed by atoms with van der Waals surface area (Å²) < 4.78 is 20.1. The van der Waals surface area contributed by atoms with Crippen LogP contribution in [-0.4, -0.2) is 53.0 Å².